The van der Waals surface area contributed by atoms with Crippen LogP contribution >= 0.6 is 0 Å². The third-order valence-corrected chi connectivity index (χ3v) is 9.06. The van der Waals surface area contributed by atoms with Gasteiger partial charge in [-0.15, -0.1) is 0 Å². The van der Waals surface area contributed by atoms with Gasteiger partial charge >= 0.3 is 11.9 Å². The van der Waals surface area contributed by atoms with Gasteiger partial charge in [-0.3, -0.25) is 19.7 Å². The van der Waals surface area contributed by atoms with Crippen molar-refractivity contribution >= 4 is 23.7 Å². The number of nitrogens with two attached hydrogens (primary N) is 1. The van der Waals surface area contributed by atoms with Crippen LogP contribution in [0, 0.1) is 17.8 Å². The first-order valence-corrected chi connectivity index (χ1v) is 17.5. The van der Waals surface area contributed by atoms with Crippen molar-refractivity contribution in [2.45, 2.75) is 168 Å². The fourth-order valence-electron chi connectivity index (χ4n) is 5.81. The summed E-state index contributed by atoms with van der Waals surface area (Å²) in [7, 11) is 0. The Morgan fingerprint density at radius 1 is 0.891 bits per heavy atom. The summed E-state index contributed by atoms with van der Waals surface area (Å²) in [5.74, 6) is -4.33. The molecule has 1 rings (SSSR count). The third-order valence-electron chi connectivity index (χ3n) is 9.06. The fraction of sp³-hybridized carbons (Fsp3) is 0.882. The van der Waals surface area contributed by atoms with Gasteiger partial charge in [0.25, 0.3) is 5.91 Å². The molecule has 0 radical (unpaired) electrons. The standard InChI is InChI=1S/C34H63N3O9/c1-8-9-10-11-12-13-14-15-16-17-18-19-27-22(4)30(40)23(5)31(41)36-28(21(2)3)32(42)37-29(24(6)38)33(43)35-26(34(44)46-27)20-45-25(7)39/h21-24,26-30,34,38,40,44H,8-20H2,1-7H3,(H,35,43)(H,36,41)(H,37,42)/p+1. The van der Waals surface area contributed by atoms with Crippen molar-refractivity contribution in [1.29, 1.82) is 0 Å². The Bertz CT molecular complexity index is 916. The quantitative estimate of drug-likeness (QED) is 0.107. The zero-order valence-corrected chi connectivity index (χ0v) is 29.3. The van der Waals surface area contributed by atoms with Crippen molar-refractivity contribution in [2.75, 3.05) is 6.61 Å². The summed E-state index contributed by atoms with van der Waals surface area (Å²) in [6.45, 7) is 11.2. The summed E-state index contributed by atoms with van der Waals surface area (Å²) in [5, 5.41) is 39.3. The number of unbranched alkanes of at least 4 members (excludes halogenated alkanes) is 10. The summed E-state index contributed by atoms with van der Waals surface area (Å²) in [4.78, 5) is 51.5. The zero-order valence-electron chi connectivity index (χ0n) is 29.3. The number of carbonyl (C=O) groups is 4. The lowest BCUT2D eigenvalue weighted by Gasteiger charge is -2.34. The van der Waals surface area contributed by atoms with Crippen molar-refractivity contribution in [3.63, 3.8) is 0 Å². The Labute approximate surface area is 276 Å². The average molecular weight is 659 g/mol. The molecule has 1 aliphatic rings. The van der Waals surface area contributed by atoms with Gasteiger partial charge in [-0.2, -0.15) is 0 Å². The normalized spacial score (nSPS) is 29.4. The SMILES string of the molecule is CCCCCCCCCCCCCC1OC(O)C(COC(C)=O)NC(=O)C(C(C)O)NC(=O)C(C(C)C)[NH2+]C(=O)C(C)C(O)C1C. The van der Waals surface area contributed by atoms with E-state index in [0.29, 0.717) is 6.42 Å². The van der Waals surface area contributed by atoms with Crippen molar-refractivity contribution in [3.8, 4) is 0 Å². The van der Waals surface area contributed by atoms with Gasteiger partial charge in [-0.05, 0) is 20.3 Å². The van der Waals surface area contributed by atoms with Crippen LogP contribution in [0.2, 0.25) is 0 Å². The van der Waals surface area contributed by atoms with Gasteiger partial charge in [0.2, 0.25) is 5.91 Å². The second-order valence-corrected chi connectivity index (χ2v) is 13.5. The van der Waals surface area contributed by atoms with Gasteiger partial charge in [0.15, 0.2) is 12.3 Å². The molecule has 0 aromatic carbocycles. The molecular weight excluding hydrogens is 594 g/mol. The Hall–Kier alpha value is -2.12. The van der Waals surface area contributed by atoms with E-state index in [4.69, 9.17) is 9.47 Å². The fourth-order valence-corrected chi connectivity index (χ4v) is 5.81. The third kappa shape index (κ3) is 15.2. The van der Waals surface area contributed by atoms with Gasteiger partial charge in [-0.25, -0.2) is 4.79 Å². The number of hydrogen-bond donors (Lipinski definition) is 6. The summed E-state index contributed by atoms with van der Waals surface area (Å²) in [6, 6.07) is -3.60. The van der Waals surface area contributed by atoms with E-state index in [0.717, 1.165) is 25.7 Å². The number of primary amides is 1. The molecule has 3 amide bonds. The highest BCUT2D eigenvalue weighted by molar-refractivity contribution is 5.90. The number of hydrogen-bond acceptors (Lipinski definition) is 9. The first-order valence-electron chi connectivity index (χ1n) is 17.5. The molecule has 1 heterocycles. The van der Waals surface area contributed by atoms with E-state index in [-0.39, 0.29) is 5.92 Å². The highest BCUT2D eigenvalue weighted by Gasteiger charge is 2.41. The lowest BCUT2D eigenvalue weighted by Crippen LogP contribution is -2.98. The Morgan fingerprint density at radius 3 is 1.93 bits per heavy atom. The van der Waals surface area contributed by atoms with Crippen LogP contribution in [0.5, 0.6) is 0 Å². The number of ether oxygens (including phenoxy) is 2. The summed E-state index contributed by atoms with van der Waals surface area (Å²) < 4.78 is 11.2. The monoisotopic (exact) mass is 658 g/mol. The van der Waals surface area contributed by atoms with E-state index in [2.05, 4.69) is 17.6 Å². The topological polar surface area (TPSA) is 188 Å². The number of aliphatic hydroxyl groups excluding tert-OH is 3. The van der Waals surface area contributed by atoms with Gasteiger partial charge < -0.3 is 35.4 Å². The second-order valence-electron chi connectivity index (χ2n) is 13.5. The second kappa shape index (κ2) is 22.4. The first kappa shape index (κ1) is 41.9. The predicted molar refractivity (Wildman–Crippen MR) is 174 cm³/mol. The van der Waals surface area contributed by atoms with Gasteiger partial charge in [0.05, 0.1) is 24.2 Å². The molecule has 7 N–H and O–H groups in total. The number of rotatable bonds is 16. The Kier molecular flexibility index (Phi) is 20.5. The molecule has 1 fully saturated rings. The number of esters is 1. The van der Waals surface area contributed by atoms with Crippen molar-refractivity contribution in [3.05, 3.63) is 0 Å². The molecule has 12 nitrogen and oxygen atoms in total. The number of quaternary nitrogens is 1. The number of amides is 3. The molecule has 0 aliphatic carbocycles. The number of carbonyl (C=O) groups excluding carboxylic acids is 4. The van der Waals surface area contributed by atoms with Crippen molar-refractivity contribution in [1.82, 2.24) is 10.6 Å². The molecule has 46 heavy (non-hydrogen) atoms. The number of aliphatic hydroxyl groups is 3. The van der Waals surface area contributed by atoms with E-state index in [1.54, 1.807) is 27.7 Å². The molecule has 9 atom stereocenters. The molecule has 9 unspecified atom stereocenters. The molecule has 0 aromatic heterocycles. The average Bonchev–Trinajstić information content (AvgIpc) is 3.00. The predicted octanol–water partition coefficient (Wildman–Crippen LogP) is 2.07. The first-order chi connectivity index (χ1) is 21.7. The van der Waals surface area contributed by atoms with E-state index in [1.807, 2.05) is 0 Å². The van der Waals surface area contributed by atoms with E-state index >= 15 is 0 Å². The van der Waals surface area contributed by atoms with Crippen LogP contribution in [0.15, 0.2) is 0 Å². The largest absolute Gasteiger partial charge is 0.463 e. The van der Waals surface area contributed by atoms with Crippen molar-refractivity contribution < 1.29 is 49.3 Å². The molecule has 0 aromatic rings. The van der Waals surface area contributed by atoms with Gasteiger partial charge in [0, 0.05) is 18.8 Å². The van der Waals surface area contributed by atoms with Crippen LogP contribution in [0.25, 0.3) is 0 Å². The maximum atomic E-state index is 13.3. The van der Waals surface area contributed by atoms with E-state index in [1.165, 1.54) is 64.1 Å². The molecule has 0 spiro atoms. The molecule has 1 aliphatic heterocycles. The molecule has 0 bridgehead atoms. The number of nitrogens with one attached hydrogen (secondary N) is 2. The zero-order chi connectivity index (χ0) is 34.8. The molecule has 1 saturated heterocycles. The van der Waals surface area contributed by atoms with Crippen molar-refractivity contribution in [2.24, 2.45) is 17.8 Å². The minimum absolute atomic E-state index is 0.324. The van der Waals surface area contributed by atoms with Crippen LogP contribution in [0.4, 0.5) is 0 Å². The summed E-state index contributed by atoms with van der Waals surface area (Å²) in [5.41, 5.74) is 0. The highest BCUT2D eigenvalue weighted by atomic mass is 16.6. The van der Waals surface area contributed by atoms with Crippen LogP contribution in [0.3, 0.4) is 0 Å². The Balaban J connectivity index is 3.18. The van der Waals surface area contributed by atoms with Crippen LogP contribution in [0.1, 0.15) is 126 Å². The smallest absolute Gasteiger partial charge is 0.316 e. The van der Waals surface area contributed by atoms with E-state index < -0.39 is 84.9 Å². The minimum Gasteiger partial charge on any atom is -0.463 e. The molecule has 0 saturated carbocycles. The molecular formula is C34H64N3O9+. The lowest BCUT2D eigenvalue weighted by atomic mass is 9.86. The highest BCUT2D eigenvalue weighted by Crippen LogP contribution is 2.25. The maximum Gasteiger partial charge on any atom is 0.316 e. The van der Waals surface area contributed by atoms with Crippen LogP contribution in [-0.4, -0.2) is 88.3 Å². The lowest BCUT2D eigenvalue weighted by molar-refractivity contribution is -0.602. The molecule has 268 valence electrons. The van der Waals surface area contributed by atoms with Gasteiger partial charge in [-0.1, -0.05) is 98.3 Å². The minimum atomic E-state index is -1.66. The summed E-state index contributed by atoms with van der Waals surface area (Å²) >= 11 is 0. The van der Waals surface area contributed by atoms with Crippen LogP contribution < -0.4 is 16.0 Å². The van der Waals surface area contributed by atoms with Crippen LogP contribution in [-0.2, 0) is 28.7 Å². The molecule has 12 heteroatoms. The van der Waals surface area contributed by atoms with Gasteiger partial charge in [0.1, 0.15) is 18.7 Å². The maximum absolute atomic E-state index is 13.3. The Morgan fingerprint density at radius 2 is 1.43 bits per heavy atom. The van der Waals surface area contributed by atoms with E-state index in [9.17, 15) is 34.5 Å². The summed E-state index contributed by atoms with van der Waals surface area (Å²) in [6.07, 6.45) is 8.34.